The number of aliphatic hydroxyl groups is 1. The molecule has 2 fully saturated rings. The maximum absolute atomic E-state index is 16.4. The fourth-order valence-electron chi connectivity index (χ4n) is 8.01. The Bertz CT molecular complexity index is 1610. The number of aliphatic hydroxyl groups excluding tert-OH is 1. The van der Waals surface area contributed by atoms with E-state index in [1.807, 2.05) is 24.3 Å². The fourth-order valence-corrected chi connectivity index (χ4v) is 10.5. The zero-order valence-corrected chi connectivity index (χ0v) is 27.6. The van der Waals surface area contributed by atoms with Gasteiger partial charge in [0, 0.05) is 42.7 Å². The number of hydrogen-bond acceptors (Lipinski definition) is 7. The highest BCUT2D eigenvalue weighted by atomic mass is 28.4. The van der Waals surface area contributed by atoms with E-state index >= 15 is 4.11 Å². The van der Waals surface area contributed by atoms with Crippen molar-refractivity contribution in [1.82, 2.24) is 4.90 Å². The number of ether oxygens (including phenoxy) is 2. The van der Waals surface area contributed by atoms with Crippen LogP contribution < -0.4 is 9.80 Å². The molecule has 1 unspecified atom stereocenters. The van der Waals surface area contributed by atoms with Crippen LogP contribution in [0.25, 0.3) is 0 Å². The lowest BCUT2D eigenvalue weighted by Gasteiger charge is -2.39. The predicted octanol–water partition coefficient (Wildman–Crippen LogP) is 3.96. The number of anilines is 2. The van der Waals surface area contributed by atoms with E-state index in [1.165, 1.54) is 11.8 Å². The molecule has 0 aromatic heterocycles. The molecule has 0 radical (unpaired) electrons. The molecule has 4 aliphatic rings. The first-order valence-corrected chi connectivity index (χ1v) is 18.7. The average Bonchev–Trinajstić information content (AvgIpc) is 3.42. The van der Waals surface area contributed by atoms with E-state index in [9.17, 15) is 24.3 Å². The summed E-state index contributed by atoms with van der Waals surface area (Å²) in [7, 11) is -3.56. The molecule has 0 aliphatic carbocycles. The van der Waals surface area contributed by atoms with Crippen LogP contribution in [0.4, 0.5) is 15.5 Å². The second-order valence-electron chi connectivity index (χ2n) is 13.2. The molecule has 46 heavy (non-hydrogen) atoms. The summed E-state index contributed by atoms with van der Waals surface area (Å²) in [4.78, 5) is 57.3. The van der Waals surface area contributed by atoms with Crippen LogP contribution in [-0.2, 0) is 47.2 Å². The lowest BCUT2D eigenvalue weighted by atomic mass is 9.82. The summed E-state index contributed by atoms with van der Waals surface area (Å²) in [5, 5.41) is 10.2. The first kappa shape index (κ1) is 32.1. The number of β-lactam (4-membered cyclic amide) rings is 1. The molecule has 0 bridgehead atoms. The molecule has 6 atom stereocenters. The number of carbonyl (C=O) groups is 4. The third-order valence-corrected chi connectivity index (χ3v) is 12.5. The first-order valence-electron chi connectivity index (χ1n) is 15.7. The SMILES string of the molecule is C=CCN1C(=O)[C@]2(O[C@H](CC(=O)N3Cc4ccccc4C[C@H]3CO)[C@@H]([Si](C)(C)F)[C@@H]2C)c2cc(N3C(=O)CC3OC(C)=O)ccc21. The number of rotatable bonds is 8. The van der Waals surface area contributed by atoms with Crippen LogP contribution in [0, 0.1) is 5.92 Å². The monoisotopic (exact) mass is 649 g/mol. The van der Waals surface area contributed by atoms with Gasteiger partial charge in [0.05, 0.1) is 37.3 Å². The van der Waals surface area contributed by atoms with E-state index in [2.05, 4.69) is 6.58 Å². The molecule has 1 N–H and O–H groups in total. The Labute approximate surface area is 268 Å². The molecular weight excluding hydrogens is 609 g/mol. The molecule has 10 nitrogen and oxygen atoms in total. The Kier molecular flexibility index (Phi) is 8.18. The van der Waals surface area contributed by atoms with Crippen LogP contribution in [0.5, 0.6) is 0 Å². The number of fused-ring (bicyclic) bond motifs is 3. The summed E-state index contributed by atoms with van der Waals surface area (Å²) in [5.74, 6) is -2.07. The van der Waals surface area contributed by atoms with Crippen molar-refractivity contribution in [3.8, 4) is 0 Å². The lowest BCUT2D eigenvalue weighted by molar-refractivity contribution is -0.154. The minimum absolute atomic E-state index is 0.0416. The highest BCUT2D eigenvalue weighted by molar-refractivity contribution is 6.72. The normalized spacial score (nSPS) is 28.7. The van der Waals surface area contributed by atoms with Crippen molar-refractivity contribution in [1.29, 1.82) is 0 Å². The summed E-state index contributed by atoms with van der Waals surface area (Å²) < 4.78 is 28.4. The Balaban J connectivity index is 1.38. The molecule has 12 heteroatoms. The van der Waals surface area contributed by atoms with Gasteiger partial charge in [0.15, 0.2) is 11.8 Å². The maximum Gasteiger partial charge on any atom is 0.304 e. The van der Waals surface area contributed by atoms with E-state index in [4.69, 9.17) is 9.47 Å². The quantitative estimate of drug-likeness (QED) is 0.151. The van der Waals surface area contributed by atoms with Gasteiger partial charge < -0.3 is 28.5 Å². The van der Waals surface area contributed by atoms with Crippen molar-refractivity contribution in [2.45, 2.75) is 82.3 Å². The second-order valence-corrected chi connectivity index (χ2v) is 17.0. The minimum atomic E-state index is -3.56. The van der Waals surface area contributed by atoms with E-state index in [-0.39, 0.29) is 43.7 Å². The van der Waals surface area contributed by atoms with Gasteiger partial charge in [0.25, 0.3) is 5.91 Å². The van der Waals surface area contributed by atoms with Crippen molar-refractivity contribution in [3.63, 3.8) is 0 Å². The van der Waals surface area contributed by atoms with E-state index in [0.717, 1.165) is 11.1 Å². The Morgan fingerprint density at radius 3 is 2.52 bits per heavy atom. The number of halogens is 1. The van der Waals surface area contributed by atoms with Crippen LogP contribution in [-0.4, -0.2) is 73.6 Å². The number of esters is 1. The molecule has 4 aliphatic heterocycles. The highest BCUT2D eigenvalue weighted by Crippen LogP contribution is 2.60. The molecular formula is C34H40FN3O7Si. The third kappa shape index (κ3) is 5.07. The summed E-state index contributed by atoms with van der Waals surface area (Å²) in [5.41, 5.74) is 1.19. The van der Waals surface area contributed by atoms with Crippen molar-refractivity contribution in [2.75, 3.05) is 23.0 Å². The second kappa shape index (κ2) is 11.7. The van der Waals surface area contributed by atoms with Crippen LogP contribution in [0.3, 0.4) is 0 Å². The van der Waals surface area contributed by atoms with Gasteiger partial charge in [-0.15, -0.1) is 6.58 Å². The number of hydrogen-bond donors (Lipinski definition) is 1. The van der Waals surface area contributed by atoms with Crippen LogP contribution >= 0.6 is 0 Å². The van der Waals surface area contributed by atoms with Gasteiger partial charge in [0.1, 0.15) is 0 Å². The van der Waals surface area contributed by atoms with Crippen LogP contribution in [0.1, 0.15) is 43.4 Å². The van der Waals surface area contributed by atoms with Crippen LogP contribution in [0.15, 0.2) is 55.1 Å². The van der Waals surface area contributed by atoms with E-state index < -0.39 is 49.8 Å². The minimum Gasteiger partial charge on any atom is -0.441 e. The van der Waals surface area contributed by atoms with E-state index in [0.29, 0.717) is 29.9 Å². The molecule has 2 aromatic rings. The largest absolute Gasteiger partial charge is 0.441 e. The molecule has 1 spiro atoms. The topological polar surface area (TPSA) is 117 Å². The van der Waals surface area contributed by atoms with E-state index in [1.54, 1.807) is 54.1 Å². The smallest absolute Gasteiger partial charge is 0.304 e. The van der Waals surface area contributed by atoms with Gasteiger partial charge in [-0.25, -0.2) is 0 Å². The maximum atomic E-state index is 16.4. The standard InChI is InChI=1S/C34H40FN3O7Si/c1-6-13-36-27-12-11-24(38-30(42)17-31(38)44-21(3)40)15-26(27)34(33(36)43)20(2)32(46(4,5)35)28(45-34)16-29(41)37-18-23-10-8-7-9-22(23)14-25(37)19-39/h6-12,15,20,25,28,31-32,39H,1,13-14,16-19H2,2-5H3/t20-,25-,28+,31?,32-,34+/m0/s1. The zero-order chi connectivity index (χ0) is 33.1. The fraction of sp³-hybridized carbons (Fsp3) is 0.471. The van der Waals surface area contributed by atoms with Crippen molar-refractivity contribution in [3.05, 3.63) is 71.8 Å². The van der Waals surface area contributed by atoms with Crippen molar-refractivity contribution in [2.24, 2.45) is 5.92 Å². The third-order valence-electron chi connectivity index (χ3n) is 10.0. The summed E-state index contributed by atoms with van der Waals surface area (Å²) in [6, 6.07) is 12.5. The van der Waals surface area contributed by atoms with Crippen molar-refractivity contribution >= 4 is 43.5 Å². The average molecular weight is 650 g/mol. The summed E-state index contributed by atoms with van der Waals surface area (Å²) >= 11 is 0. The summed E-state index contributed by atoms with van der Waals surface area (Å²) in [6.07, 6.45) is 0.310. The number of carbonyl (C=O) groups excluding carboxylic acids is 4. The van der Waals surface area contributed by atoms with Crippen molar-refractivity contribution < 1.29 is 37.9 Å². The van der Waals surface area contributed by atoms with Gasteiger partial charge >= 0.3 is 5.97 Å². The number of nitrogens with zero attached hydrogens (tertiary/aromatic N) is 3. The Hall–Kier alpha value is -3.87. The van der Waals surface area contributed by atoms with Gasteiger partial charge in [0.2, 0.25) is 20.2 Å². The van der Waals surface area contributed by atoms with Gasteiger partial charge in [-0.1, -0.05) is 37.3 Å². The number of benzene rings is 2. The zero-order valence-electron chi connectivity index (χ0n) is 26.6. The van der Waals surface area contributed by atoms with Gasteiger partial charge in [-0.3, -0.25) is 24.1 Å². The molecule has 3 amide bonds. The van der Waals surface area contributed by atoms with Gasteiger partial charge in [-0.2, -0.15) is 0 Å². The molecule has 2 aromatic carbocycles. The number of amides is 3. The first-order chi connectivity index (χ1) is 21.8. The van der Waals surface area contributed by atoms with Gasteiger partial charge in [-0.05, 0) is 48.8 Å². The Morgan fingerprint density at radius 2 is 1.89 bits per heavy atom. The summed E-state index contributed by atoms with van der Waals surface area (Å²) in [6.45, 7) is 10.3. The molecule has 6 rings (SSSR count). The molecule has 0 saturated carbocycles. The molecule has 244 valence electrons. The molecule has 2 saturated heterocycles. The lowest BCUT2D eigenvalue weighted by Crippen LogP contribution is -2.55. The predicted molar refractivity (Wildman–Crippen MR) is 171 cm³/mol. The highest BCUT2D eigenvalue weighted by Gasteiger charge is 2.67. The van der Waals surface area contributed by atoms with Crippen LogP contribution in [0.2, 0.25) is 18.6 Å². The Morgan fingerprint density at radius 1 is 1.17 bits per heavy atom. The molecule has 4 heterocycles.